The molecular weight excluding hydrogens is 168 g/mol. The lowest BCUT2D eigenvalue weighted by Crippen LogP contribution is -2.44. The van der Waals surface area contributed by atoms with Crippen molar-refractivity contribution in [2.24, 2.45) is 0 Å². The van der Waals surface area contributed by atoms with Crippen LogP contribution >= 0.6 is 0 Å². The van der Waals surface area contributed by atoms with E-state index in [-0.39, 0.29) is 11.6 Å². The lowest BCUT2D eigenvalue weighted by atomic mass is 10.1. The van der Waals surface area contributed by atoms with E-state index in [0.29, 0.717) is 19.7 Å². The molecule has 4 heteroatoms. The number of amides is 2. The molecule has 0 aromatic heterocycles. The quantitative estimate of drug-likeness (QED) is 0.679. The molecule has 0 fully saturated rings. The van der Waals surface area contributed by atoms with Crippen molar-refractivity contribution >= 4 is 6.03 Å². The Bertz CT molecular complexity index is 158. The summed E-state index contributed by atoms with van der Waals surface area (Å²) in [7, 11) is 0. The monoisotopic (exact) mass is 188 g/mol. The van der Waals surface area contributed by atoms with Crippen LogP contribution in [0.25, 0.3) is 0 Å². The summed E-state index contributed by atoms with van der Waals surface area (Å²) in [6.07, 6.45) is 0. The molecule has 0 aliphatic heterocycles. The first kappa shape index (κ1) is 12.2. The van der Waals surface area contributed by atoms with Gasteiger partial charge in [0.25, 0.3) is 0 Å². The molecule has 0 aliphatic rings. The van der Waals surface area contributed by atoms with E-state index in [9.17, 15) is 4.79 Å². The fourth-order valence-electron chi connectivity index (χ4n) is 0.958. The second-order valence-corrected chi connectivity index (χ2v) is 3.41. The third kappa shape index (κ3) is 6.40. The summed E-state index contributed by atoms with van der Waals surface area (Å²) in [6, 6.07) is -0.143. The van der Waals surface area contributed by atoms with E-state index in [1.807, 2.05) is 27.7 Å². The lowest BCUT2D eigenvalue weighted by Gasteiger charge is -2.24. The molecule has 0 aliphatic carbocycles. The summed E-state index contributed by atoms with van der Waals surface area (Å²) < 4.78 is 5.42. The highest BCUT2D eigenvalue weighted by molar-refractivity contribution is 5.73. The Morgan fingerprint density at radius 2 is 1.92 bits per heavy atom. The van der Waals surface area contributed by atoms with Gasteiger partial charge in [-0.25, -0.2) is 4.79 Å². The first-order chi connectivity index (χ1) is 6.02. The molecule has 0 rings (SSSR count). The predicted octanol–water partition coefficient (Wildman–Crippen LogP) is 1.12. The van der Waals surface area contributed by atoms with Crippen LogP contribution in [0.1, 0.15) is 27.7 Å². The van der Waals surface area contributed by atoms with Gasteiger partial charge in [0.15, 0.2) is 0 Å². The minimum Gasteiger partial charge on any atom is -0.374 e. The maximum Gasteiger partial charge on any atom is 0.314 e. The first-order valence-corrected chi connectivity index (χ1v) is 4.67. The number of hydrogen-bond acceptors (Lipinski definition) is 2. The maximum absolute atomic E-state index is 11.0. The van der Waals surface area contributed by atoms with Crippen molar-refractivity contribution in [2.75, 3.05) is 19.7 Å². The molecule has 0 radical (unpaired) electrons. The number of hydrogen-bond donors (Lipinski definition) is 2. The lowest BCUT2D eigenvalue weighted by molar-refractivity contribution is -0.00688. The number of rotatable bonds is 5. The Kier molecular flexibility index (Phi) is 5.46. The van der Waals surface area contributed by atoms with Crippen molar-refractivity contribution in [1.29, 1.82) is 0 Å². The summed E-state index contributed by atoms with van der Waals surface area (Å²) in [4.78, 5) is 11.0. The van der Waals surface area contributed by atoms with Crippen molar-refractivity contribution in [3.05, 3.63) is 0 Å². The minimum atomic E-state index is -0.292. The van der Waals surface area contributed by atoms with Gasteiger partial charge in [-0.15, -0.1) is 0 Å². The molecule has 0 bridgehead atoms. The largest absolute Gasteiger partial charge is 0.374 e. The molecule has 0 aromatic carbocycles. The van der Waals surface area contributed by atoms with Crippen molar-refractivity contribution in [2.45, 2.75) is 33.3 Å². The van der Waals surface area contributed by atoms with Gasteiger partial charge in [0.2, 0.25) is 0 Å². The summed E-state index contributed by atoms with van der Waals surface area (Å²) in [5.41, 5.74) is -0.292. The fourth-order valence-corrected chi connectivity index (χ4v) is 0.958. The van der Waals surface area contributed by atoms with E-state index in [0.717, 1.165) is 0 Å². The molecule has 2 N–H and O–H groups in total. The average molecular weight is 188 g/mol. The van der Waals surface area contributed by atoms with Gasteiger partial charge in [-0.05, 0) is 27.7 Å². The molecule has 0 spiro atoms. The Hall–Kier alpha value is -0.770. The topological polar surface area (TPSA) is 50.4 Å². The second-order valence-electron chi connectivity index (χ2n) is 3.41. The second kappa shape index (κ2) is 5.80. The van der Waals surface area contributed by atoms with Crippen LogP contribution < -0.4 is 10.6 Å². The number of carbonyl (C=O) groups is 1. The van der Waals surface area contributed by atoms with Gasteiger partial charge in [0.1, 0.15) is 0 Å². The zero-order valence-electron chi connectivity index (χ0n) is 8.94. The Labute approximate surface area is 80.0 Å². The molecule has 0 heterocycles. The minimum absolute atomic E-state index is 0.143. The zero-order chi connectivity index (χ0) is 10.3. The van der Waals surface area contributed by atoms with E-state index in [4.69, 9.17) is 4.74 Å². The number of carbonyl (C=O) groups excluding carboxylic acids is 1. The van der Waals surface area contributed by atoms with E-state index in [2.05, 4.69) is 10.6 Å². The third-order valence-corrected chi connectivity index (χ3v) is 1.55. The van der Waals surface area contributed by atoms with Gasteiger partial charge >= 0.3 is 6.03 Å². The summed E-state index contributed by atoms with van der Waals surface area (Å²) in [5, 5.41) is 5.39. The van der Waals surface area contributed by atoms with Crippen LogP contribution in [0.2, 0.25) is 0 Å². The van der Waals surface area contributed by atoms with Gasteiger partial charge in [0.05, 0.1) is 5.60 Å². The van der Waals surface area contributed by atoms with Crippen LogP contribution in [0.4, 0.5) is 4.79 Å². The highest BCUT2D eigenvalue weighted by Gasteiger charge is 2.17. The maximum atomic E-state index is 11.0. The molecule has 4 nitrogen and oxygen atoms in total. The van der Waals surface area contributed by atoms with Crippen molar-refractivity contribution in [3.8, 4) is 0 Å². The highest BCUT2D eigenvalue weighted by atomic mass is 16.5. The van der Waals surface area contributed by atoms with E-state index in [1.54, 1.807) is 0 Å². The van der Waals surface area contributed by atoms with Gasteiger partial charge in [-0.2, -0.15) is 0 Å². The molecule has 0 aromatic rings. The Morgan fingerprint density at radius 1 is 1.31 bits per heavy atom. The molecule has 0 unspecified atom stereocenters. The predicted molar refractivity (Wildman–Crippen MR) is 52.8 cm³/mol. The third-order valence-electron chi connectivity index (χ3n) is 1.55. The standard InChI is InChI=1S/C9H20N2O2/c1-5-10-8(12)11-7-9(3,4)13-6-2/h5-7H2,1-4H3,(H2,10,11,12). The van der Waals surface area contributed by atoms with Crippen LogP contribution in [0.3, 0.4) is 0 Å². The normalized spacial score (nSPS) is 11.1. The SMILES string of the molecule is CCNC(=O)NCC(C)(C)OCC. The van der Waals surface area contributed by atoms with E-state index < -0.39 is 0 Å². The van der Waals surface area contributed by atoms with Crippen molar-refractivity contribution in [1.82, 2.24) is 10.6 Å². The molecule has 78 valence electrons. The van der Waals surface area contributed by atoms with Gasteiger partial charge in [-0.1, -0.05) is 0 Å². The summed E-state index contributed by atoms with van der Waals surface area (Å²) in [5.74, 6) is 0. The van der Waals surface area contributed by atoms with Crippen LogP contribution in [0, 0.1) is 0 Å². The number of urea groups is 1. The van der Waals surface area contributed by atoms with Gasteiger partial charge < -0.3 is 15.4 Å². The van der Waals surface area contributed by atoms with Crippen LogP contribution in [0.5, 0.6) is 0 Å². The van der Waals surface area contributed by atoms with Crippen LogP contribution in [0.15, 0.2) is 0 Å². The molecular formula is C9H20N2O2. The Morgan fingerprint density at radius 3 is 2.38 bits per heavy atom. The molecule has 0 saturated heterocycles. The molecule has 0 atom stereocenters. The van der Waals surface area contributed by atoms with Gasteiger partial charge in [0, 0.05) is 19.7 Å². The summed E-state index contributed by atoms with van der Waals surface area (Å²) in [6.45, 7) is 9.53. The molecule has 13 heavy (non-hydrogen) atoms. The van der Waals surface area contributed by atoms with E-state index in [1.165, 1.54) is 0 Å². The summed E-state index contributed by atoms with van der Waals surface area (Å²) >= 11 is 0. The zero-order valence-corrected chi connectivity index (χ0v) is 8.94. The van der Waals surface area contributed by atoms with E-state index >= 15 is 0 Å². The average Bonchev–Trinajstić information content (AvgIpc) is 2.02. The molecule has 0 saturated carbocycles. The highest BCUT2D eigenvalue weighted by Crippen LogP contribution is 2.06. The number of nitrogens with one attached hydrogen (secondary N) is 2. The Balaban J connectivity index is 3.67. The van der Waals surface area contributed by atoms with Gasteiger partial charge in [-0.3, -0.25) is 0 Å². The first-order valence-electron chi connectivity index (χ1n) is 4.67. The van der Waals surface area contributed by atoms with Crippen LogP contribution in [-0.2, 0) is 4.74 Å². The number of ether oxygens (including phenoxy) is 1. The smallest absolute Gasteiger partial charge is 0.314 e. The molecule has 2 amide bonds. The van der Waals surface area contributed by atoms with Crippen molar-refractivity contribution in [3.63, 3.8) is 0 Å². The van der Waals surface area contributed by atoms with Crippen LogP contribution in [-0.4, -0.2) is 31.3 Å². The fraction of sp³-hybridized carbons (Fsp3) is 0.889. The van der Waals surface area contributed by atoms with Crippen molar-refractivity contribution < 1.29 is 9.53 Å².